The van der Waals surface area contributed by atoms with Gasteiger partial charge >= 0.3 is 0 Å². The van der Waals surface area contributed by atoms with E-state index in [0.717, 1.165) is 12.1 Å². The fourth-order valence-electron chi connectivity index (χ4n) is 4.20. The number of halogens is 3. The number of H-pyrrole nitrogens is 1. The fraction of sp³-hybridized carbons (Fsp3) is 0.148. The standard InChI is InChI=1S/C27H21F3N4O4/c1-36-22-9-6-15(24(37-2)25(22)38-3)13-34-27(32-26(33-34)14-4-7-16(28)8-5-14)18-12-31-21-11-20(30)19(29)10-17(21)23(18)35/h4-12H,13H2,1-3H3,(H,31,35). The van der Waals surface area contributed by atoms with Crippen LogP contribution in [0.4, 0.5) is 13.2 Å². The first kappa shape index (κ1) is 24.9. The van der Waals surface area contributed by atoms with Crippen molar-refractivity contribution in [2.75, 3.05) is 21.3 Å². The van der Waals surface area contributed by atoms with Gasteiger partial charge in [-0.3, -0.25) is 4.79 Å². The third-order valence-corrected chi connectivity index (χ3v) is 6.04. The van der Waals surface area contributed by atoms with Crippen LogP contribution in [0.3, 0.4) is 0 Å². The summed E-state index contributed by atoms with van der Waals surface area (Å²) in [7, 11) is 4.46. The molecule has 0 radical (unpaired) electrons. The van der Waals surface area contributed by atoms with Gasteiger partial charge in [0, 0.05) is 28.8 Å². The predicted molar refractivity (Wildman–Crippen MR) is 134 cm³/mol. The molecule has 11 heteroatoms. The molecule has 0 spiro atoms. The molecular formula is C27H21F3N4O4. The number of rotatable bonds is 7. The minimum Gasteiger partial charge on any atom is -0.493 e. The Kier molecular flexibility index (Phi) is 6.50. The highest BCUT2D eigenvalue weighted by Crippen LogP contribution is 2.40. The molecule has 38 heavy (non-hydrogen) atoms. The summed E-state index contributed by atoms with van der Waals surface area (Å²) < 4.78 is 59.1. The molecule has 0 saturated carbocycles. The second-order valence-electron chi connectivity index (χ2n) is 8.26. The zero-order chi connectivity index (χ0) is 27.0. The number of methoxy groups -OCH3 is 3. The summed E-state index contributed by atoms with van der Waals surface area (Å²) in [5, 5.41) is 4.52. The number of aromatic nitrogens is 4. The second-order valence-corrected chi connectivity index (χ2v) is 8.26. The summed E-state index contributed by atoms with van der Waals surface area (Å²) in [6.45, 7) is 0.0856. The lowest BCUT2D eigenvalue weighted by atomic mass is 10.1. The molecule has 2 heterocycles. The van der Waals surface area contributed by atoms with E-state index in [1.165, 1.54) is 56.5 Å². The molecular weight excluding hydrogens is 501 g/mol. The number of pyridine rings is 1. The maximum absolute atomic E-state index is 14.0. The van der Waals surface area contributed by atoms with Crippen LogP contribution in [0.5, 0.6) is 17.2 Å². The van der Waals surface area contributed by atoms with E-state index in [1.54, 1.807) is 12.1 Å². The van der Waals surface area contributed by atoms with Crippen LogP contribution in [0.25, 0.3) is 33.7 Å². The summed E-state index contributed by atoms with van der Waals surface area (Å²) in [6.07, 6.45) is 1.36. The lowest BCUT2D eigenvalue weighted by molar-refractivity contribution is 0.321. The summed E-state index contributed by atoms with van der Waals surface area (Å²) in [5.41, 5.74) is 0.771. The van der Waals surface area contributed by atoms with E-state index >= 15 is 0 Å². The molecule has 0 bridgehead atoms. The molecule has 2 aromatic heterocycles. The molecule has 5 aromatic rings. The number of aromatic amines is 1. The smallest absolute Gasteiger partial charge is 0.203 e. The Labute approximate surface area is 214 Å². The zero-order valence-electron chi connectivity index (χ0n) is 20.5. The molecule has 0 amide bonds. The van der Waals surface area contributed by atoms with E-state index in [-0.39, 0.29) is 34.7 Å². The van der Waals surface area contributed by atoms with Gasteiger partial charge < -0.3 is 19.2 Å². The van der Waals surface area contributed by atoms with Crippen molar-refractivity contribution in [3.63, 3.8) is 0 Å². The Hall–Kier alpha value is -4.80. The number of nitrogens with one attached hydrogen (secondary N) is 1. The molecule has 5 rings (SSSR count). The van der Waals surface area contributed by atoms with Gasteiger partial charge in [0.1, 0.15) is 5.82 Å². The number of benzene rings is 3. The lowest BCUT2D eigenvalue weighted by Crippen LogP contribution is -2.13. The average Bonchev–Trinajstić information content (AvgIpc) is 3.33. The molecule has 0 atom stereocenters. The Morgan fingerprint density at radius 2 is 1.61 bits per heavy atom. The minimum absolute atomic E-state index is 0.0528. The van der Waals surface area contributed by atoms with Crippen molar-refractivity contribution in [2.45, 2.75) is 6.54 Å². The van der Waals surface area contributed by atoms with E-state index in [1.807, 2.05) is 0 Å². The van der Waals surface area contributed by atoms with E-state index in [9.17, 15) is 18.0 Å². The van der Waals surface area contributed by atoms with Gasteiger partial charge in [0.2, 0.25) is 5.75 Å². The minimum atomic E-state index is -1.15. The number of nitrogens with zero attached hydrogens (tertiary/aromatic N) is 3. The molecule has 0 aliphatic rings. The van der Waals surface area contributed by atoms with Crippen molar-refractivity contribution in [1.82, 2.24) is 19.7 Å². The van der Waals surface area contributed by atoms with Crippen LogP contribution in [0.15, 0.2) is 59.5 Å². The molecule has 194 valence electrons. The van der Waals surface area contributed by atoms with Crippen LogP contribution in [-0.2, 0) is 6.54 Å². The van der Waals surface area contributed by atoms with Crippen molar-refractivity contribution < 1.29 is 27.4 Å². The first-order valence-corrected chi connectivity index (χ1v) is 11.3. The molecule has 0 aliphatic heterocycles. The number of ether oxygens (including phenoxy) is 3. The molecule has 0 saturated heterocycles. The van der Waals surface area contributed by atoms with Crippen molar-refractivity contribution in [1.29, 1.82) is 0 Å². The van der Waals surface area contributed by atoms with Gasteiger partial charge in [-0.1, -0.05) is 0 Å². The van der Waals surface area contributed by atoms with Gasteiger partial charge in [-0.05, 0) is 42.5 Å². The highest BCUT2D eigenvalue weighted by atomic mass is 19.2. The van der Waals surface area contributed by atoms with Gasteiger partial charge in [0.15, 0.2) is 40.2 Å². The van der Waals surface area contributed by atoms with Gasteiger partial charge in [-0.2, -0.15) is 5.10 Å². The third-order valence-electron chi connectivity index (χ3n) is 6.04. The fourth-order valence-corrected chi connectivity index (χ4v) is 4.20. The summed E-state index contributed by atoms with van der Waals surface area (Å²) >= 11 is 0. The monoisotopic (exact) mass is 522 g/mol. The van der Waals surface area contributed by atoms with Crippen LogP contribution in [0.2, 0.25) is 0 Å². The Morgan fingerprint density at radius 3 is 2.29 bits per heavy atom. The molecule has 8 nitrogen and oxygen atoms in total. The highest BCUT2D eigenvalue weighted by molar-refractivity contribution is 5.82. The number of hydrogen-bond donors (Lipinski definition) is 1. The lowest BCUT2D eigenvalue weighted by Gasteiger charge is -2.16. The first-order chi connectivity index (χ1) is 18.3. The van der Waals surface area contributed by atoms with Crippen molar-refractivity contribution >= 4 is 10.9 Å². The van der Waals surface area contributed by atoms with Crippen LogP contribution >= 0.6 is 0 Å². The maximum atomic E-state index is 14.0. The van der Waals surface area contributed by atoms with Gasteiger partial charge in [0.05, 0.1) is 39.0 Å². The van der Waals surface area contributed by atoms with Crippen LogP contribution in [-0.4, -0.2) is 41.1 Å². The zero-order valence-corrected chi connectivity index (χ0v) is 20.5. The maximum Gasteiger partial charge on any atom is 0.203 e. The molecule has 0 unspecified atom stereocenters. The van der Waals surface area contributed by atoms with E-state index < -0.39 is 22.9 Å². The summed E-state index contributed by atoms with van der Waals surface area (Å²) in [4.78, 5) is 20.8. The average molecular weight is 522 g/mol. The molecule has 3 aromatic carbocycles. The van der Waals surface area contributed by atoms with Crippen LogP contribution in [0.1, 0.15) is 5.56 Å². The highest BCUT2D eigenvalue weighted by Gasteiger charge is 2.22. The second kappa shape index (κ2) is 9.92. The van der Waals surface area contributed by atoms with Gasteiger partial charge in [-0.25, -0.2) is 22.8 Å². The van der Waals surface area contributed by atoms with E-state index in [0.29, 0.717) is 28.4 Å². The van der Waals surface area contributed by atoms with E-state index in [4.69, 9.17) is 14.2 Å². The van der Waals surface area contributed by atoms with Crippen molar-refractivity contribution in [3.8, 4) is 40.0 Å². The molecule has 1 N–H and O–H groups in total. The van der Waals surface area contributed by atoms with Crippen molar-refractivity contribution in [3.05, 3.63) is 88.0 Å². The summed E-state index contributed by atoms with van der Waals surface area (Å²) in [5.74, 6) is -1.07. The quantitative estimate of drug-likeness (QED) is 0.326. The summed E-state index contributed by atoms with van der Waals surface area (Å²) in [6, 6.07) is 10.8. The van der Waals surface area contributed by atoms with Gasteiger partial charge in [0.25, 0.3) is 0 Å². The first-order valence-electron chi connectivity index (χ1n) is 11.3. The van der Waals surface area contributed by atoms with Crippen LogP contribution < -0.4 is 19.6 Å². The van der Waals surface area contributed by atoms with Crippen molar-refractivity contribution in [2.24, 2.45) is 0 Å². The largest absolute Gasteiger partial charge is 0.493 e. The topological polar surface area (TPSA) is 91.3 Å². The normalized spacial score (nSPS) is 11.1. The Morgan fingerprint density at radius 1 is 0.895 bits per heavy atom. The third kappa shape index (κ3) is 4.32. The van der Waals surface area contributed by atoms with E-state index in [2.05, 4.69) is 15.1 Å². The number of hydrogen-bond acceptors (Lipinski definition) is 6. The Balaban J connectivity index is 1.71. The SMILES string of the molecule is COc1ccc(Cn2nc(-c3ccc(F)cc3)nc2-c2c[nH]c3cc(F)c(F)cc3c2=O)c(OC)c1OC. The molecule has 0 aliphatic carbocycles. The predicted octanol–water partition coefficient (Wildman–Crippen LogP) is 4.95. The van der Waals surface area contributed by atoms with Crippen LogP contribution in [0, 0.1) is 17.5 Å². The molecule has 0 fully saturated rings. The Bertz CT molecular complexity index is 1720. The number of fused-ring (bicyclic) bond motifs is 1. The van der Waals surface area contributed by atoms with Gasteiger partial charge in [-0.15, -0.1) is 0 Å².